The van der Waals surface area contributed by atoms with Crippen molar-refractivity contribution < 1.29 is 23.9 Å². The van der Waals surface area contributed by atoms with Crippen molar-refractivity contribution in [2.24, 2.45) is 10.2 Å². The van der Waals surface area contributed by atoms with Gasteiger partial charge in [0.2, 0.25) is 0 Å². The average molecular weight is 456 g/mol. The van der Waals surface area contributed by atoms with E-state index in [-0.39, 0.29) is 34.0 Å². The van der Waals surface area contributed by atoms with E-state index in [0.29, 0.717) is 22.1 Å². The van der Waals surface area contributed by atoms with Crippen LogP contribution in [0, 0.1) is 0 Å². The molecule has 9 nitrogen and oxygen atoms in total. The lowest BCUT2D eigenvalue weighted by atomic mass is 10.0. The van der Waals surface area contributed by atoms with Gasteiger partial charge in [-0.1, -0.05) is 24.3 Å². The number of rotatable bonds is 6. The maximum absolute atomic E-state index is 13.0. The van der Waals surface area contributed by atoms with Crippen LogP contribution in [0.3, 0.4) is 0 Å². The summed E-state index contributed by atoms with van der Waals surface area (Å²) in [5.74, 6) is -1.91. The number of fused-ring (bicyclic) bond motifs is 1. The Bertz CT molecular complexity index is 1440. The normalized spacial score (nSPS) is 11.1. The number of Topliss-reactive ketones (excluding diaryl/α,β-unsaturated/α-hetero) is 2. The Balaban J connectivity index is 1.82. The van der Waals surface area contributed by atoms with Crippen LogP contribution in [0.15, 0.2) is 75.5 Å². The molecule has 4 rings (SSSR count). The Morgan fingerprint density at radius 2 is 1.59 bits per heavy atom. The Morgan fingerprint density at radius 1 is 0.912 bits per heavy atom. The van der Waals surface area contributed by atoms with Crippen LogP contribution in [-0.2, 0) is 0 Å². The zero-order chi connectivity index (χ0) is 24.4. The molecule has 0 saturated heterocycles. The first-order valence-corrected chi connectivity index (χ1v) is 10.2. The third-order valence-corrected chi connectivity index (χ3v) is 5.12. The molecule has 170 valence electrons. The number of nitrogens with zero attached hydrogens (tertiary/aromatic N) is 2. The number of nitrogens with one attached hydrogen (secondary N) is 1. The molecule has 0 aliphatic rings. The van der Waals surface area contributed by atoms with E-state index in [4.69, 9.17) is 10.2 Å². The fourth-order valence-corrected chi connectivity index (χ4v) is 3.41. The summed E-state index contributed by atoms with van der Waals surface area (Å²) in [5.41, 5.74) is 6.73. The first-order valence-electron chi connectivity index (χ1n) is 10.2. The number of carbonyl (C=O) groups is 3. The quantitative estimate of drug-likeness (QED) is 0.190. The number of amides is 1. The maximum atomic E-state index is 13.0. The molecule has 4 N–H and O–H groups in total. The molecular formula is C25H20N4O5. The van der Waals surface area contributed by atoms with E-state index >= 15 is 0 Å². The number of ketones is 2. The van der Waals surface area contributed by atoms with E-state index in [1.54, 1.807) is 48.5 Å². The minimum absolute atomic E-state index is 0.00533. The number of nitrogens with two attached hydrogens (primary N) is 1. The van der Waals surface area contributed by atoms with Gasteiger partial charge in [0.15, 0.2) is 23.1 Å². The summed E-state index contributed by atoms with van der Waals surface area (Å²) in [6.07, 6.45) is 1.14. The minimum Gasteiger partial charge on any atom is -0.505 e. The molecule has 3 aromatic carbocycles. The van der Waals surface area contributed by atoms with Crippen molar-refractivity contribution in [1.29, 1.82) is 0 Å². The van der Waals surface area contributed by atoms with Crippen molar-refractivity contribution in [3.05, 3.63) is 77.7 Å². The molecule has 0 aliphatic carbocycles. The van der Waals surface area contributed by atoms with Crippen molar-refractivity contribution in [1.82, 2.24) is 0 Å². The molecular weight excluding hydrogens is 436 g/mol. The summed E-state index contributed by atoms with van der Waals surface area (Å²) in [6, 6.07) is 15.1. The van der Waals surface area contributed by atoms with Crippen LogP contribution in [0.1, 0.15) is 45.1 Å². The van der Waals surface area contributed by atoms with Crippen molar-refractivity contribution in [2.45, 2.75) is 13.8 Å². The molecule has 0 fully saturated rings. The first-order chi connectivity index (χ1) is 16.3. The Kier molecular flexibility index (Phi) is 5.92. The SMILES string of the molecule is CC(=O)c1coc(C(C)=O)c1N=Nc1c(O)c(C(=O)Nc2ccc(N)cc2)cc2ccccc12. The predicted molar refractivity (Wildman–Crippen MR) is 127 cm³/mol. The topological polar surface area (TPSA) is 147 Å². The van der Waals surface area contributed by atoms with Crippen molar-refractivity contribution in [3.63, 3.8) is 0 Å². The highest BCUT2D eigenvalue weighted by Crippen LogP contribution is 2.40. The Morgan fingerprint density at radius 3 is 2.26 bits per heavy atom. The Hall–Kier alpha value is -4.79. The number of furan rings is 1. The van der Waals surface area contributed by atoms with Crippen LogP contribution in [0.5, 0.6) is 5.75 Å². The molecule has 1 aromatic heterocycles. The number of anilines is 2. The van der Waals surface area contributed by atoms with Gasteiger partial charge in [0.05, 0.1) is 11.1 Å². The lowest BCUT2D eigenvalue weighted by Gasteiger charge is -2.11. The van der Waals surface area contributed by atoms with Crippen LogP contribution in [0.4, 0.5) is 22.7 Å². The zero-order valence-electron chi connectivity index (χ0n) is 18.3. The molecule has 1 amide bonds. The second-order valence-corrected chi connectivity index (χ2v) is 7.56. The van der Waals surface area contributed by atoms with Crippen LogP contribution in [-0.4, -0.2) is 22.6 Å². The van der Waals surface area contributed by atoms with Crippen molar-refractivity contribution >= 4 is 51.0 Å². The minimum atomic E-state index is -0.568. The van der Waals surface area contributed by atoms with Gasteiger partial charge in [0.1, 0.15) is 17.6 Å². The molecule has 0 spiro atoms. The van der Waals surface area contributed by atoms with Gasteiger partial charge >= 0.3 is 0 Å². The second-order valence-electron chi connectivity index (χ2n) is 7.56. The number of benzene rings is 3. The van der Waals surface area contributed by atoms with Crippen molar-refractivity contribution in [2.75, 3.05) is 11.1 Å². The number of hydrogen-bond acceptors (Lipinski definition) is 8. The number of aromatic hydroxyl groups is 1. The van der Waals surface area contributed by atoms with Gasteiger partial charge in [-0.15, -0.1) is 10.2 Å². The van der Waals surface area contributed by atoms with E-state index in [1.165, 1.54) is 19.9 Å². The van der Waals surface area contributed by atoms with Crippen LogP contribution in [0.2, 0.25) is 0 Å². The van der Waals surface area contributed by atoms with Gasteiger partial charge in [-0.25, -0.2) is 0 Å². The molecule has 0 atom stereocenters. The molecule has 1 heterocycles. The predicted octanol–water partition coefficient (Wildman–Crippen LogP) is 5.79. The highest BCUT2D eigenvalue weighted by Gasteiger charge is 2.22. The van der Waals surface area contributed by atoms with Gasteiger partial charge in [0, 0.05) is 23.7 Å². The number of phenols is 1. The average Bonchev–Trinajstić information content (AvgIpc) is 3.24. The monoisotopic (exact) mass is 456 g/mol. The smallest absolute Gasteiger partial charge is 0.259 e. The van der Waals surface area contributed by atoms with Crippen LogP contribution < -0.4 is 11.1 Å². The third kappa shape index (κ3) is 4.26. The molecule has 0 saturated carbocycles. The largest absolute Gasteiger partial charge is 0.505 e. The molecule has 0 aliphatic heterocycles. The van der Waals surface area contributed by atoms with E-state index in [1.807, 2.05) is 0 Å². The first kappa shape index (κ1) is 22.4. The molecule has 9 heteroatoms. The fourth-order valence-electron chi connectivity index (χ4n) is 3.41. The third-order valence-electron chi connectivity index (χ3n) is 5.12. The number of azo groups is 1. The van der Waals surface area contributed by atoms with E-state index in [0.717, 1.165) is 6.26 Å². The highest BCUT2D eigenvalue weighted by molar-refractivity contribution is 6.12. The summed E-state index contributed by atoms with van der Waals surface area (Å²) in [4.78, 5) is 36.8. The molecule has 0 radical (unpaired) electrons. The molecule has 0 unspecified atom stereocenters. The molecule has 0 bridgehead atoms. The lowest BCUT2D eigenvalue weighted by molar-refractivity contribution is 0.0984. The standard InChI is InChI=1S/C25H20N4O5/c1-13(30)20-12-34-24(14(2)31)22(20)29-28-21-18-6-4-3-5-15(18)11-19(23(21)32)25(33)27-17-9-7-16(26)8-10-17/h3-12,32H,26H2,1-2H3,(H,27,33). The zero-order valence-corrected chi connectivity index (χ0v) is 18.3. The summed E-state index contributed by atoms with van der Waals surface area (Å²) < 4.78 is 5.20. The number of nitrogen functional groups attached to an aromatic ring is 1. The van der Waals surface area contributed by atoms with Gasteiger partial charge in [-0.2, -0.15) is 0 Å². The van der Waals surface area contributed by atoms with Crippen LogP contribution in [0.25, 0.3) is 10.8 Å². The fraction of sp³-hybridized carbons (Fsp3) is 0.0800. The summed E-state index contributed by atoms with van der Waals surface area (Å²) in [5, 5.41) is 23.0. The summed E-state index contributed by atoms with van der Waals surface area (Å²) in [7, 11) is 0. The van der Waals surface area contributed by atoms with Gasteiger partial charge in [-0.3, -0.25) is 14.4 Å². The maximum Gasteiger partial charge on any atom is 0.259 e. The van der Waals surface area contributed by atoms with Gasteiger partial charge in [-0.05, 0) is 42.6 Å². The van der Waals surface area contributed by atoms with E-state index in [2.05, 4.69) is 15.5 Å². The van der Waals surface area contributed by atoms with Crippen LogP contribution >= 0.6 is 0 Å². The Labute approximate surface area is 193 Å². The van der Waals surface area contributed by atoms with Gasteiger partial charge in [0.25, 0.3) is 5.91 Å². The molecule has 34 heavy (non-hydrogen) atoms. The summed E-state index contributed by atoms with van der Waals surface area (Å²) in [6.45, 7) is 2.58. The summed E-state index contributed by atoms with van der Waals surface area (Å²) >= 11 is 0. The van der Waals surface area contributed by atoms with Gasteiger partial charge < -0.3 is 20.6 Å². The van der Waals surface area contributed by atoms with Crippen molar-refractivity contribution in [3.8, 4) is 5.75 Å². The number of carbonyl (C=O) groups excluding carboxylic acids is 3. The number of phenolic OH excluding ortho intramolecular Hbond substituents is 1. The molecule has 4 aromatic rings. The number of hydrogen-bond donors (Lipinski definition) is 3. The van der Waals surface area contributed by atoms with E-state index in [9.17, 15) is 19.5 Å². The second kappa shape index (κ2) is 8.99. The van der Waals surface area contributed by atoms with E-state index < -0.39 is 17.4 Å². The highest BCUT2D eigenvalue weighted by atomic mass is 16.3. The lowest BCUT2D eigenvalue weighted by Crippen LogP contribution is -2.12.